The lowest BCUT2D eigenvalue weighted by molar-refractivity contribution is 0.170. The van der Waals surface area contributed by atoms with E-state index in [2.05, 4.69) is 12.2 Å². The van der Waals surface area contributed by atoms with Gasteiger partial charge in [-0.3, -0.25) is 0 Å². The Morgan fingerprint density at radius 3 is 2.48 bits per heavy atom. The molecule has 0 heterocycles. The van der Waals surface area contributed by atoms with E-state index in [0.29, 0.717) is 6.54 Å². The monoisotopic (exact) mass is 285 g/mol. The van der Waals surface area contributed by atoms with Crippen molar-refractivity contribution in [1.29, 1.82) is 0 Å². The molecule has 2 rings (SSSR count). The van der Waals surface area contributed by atoms with E-state index in [1.165, 1.54) is 0 Å². The van der Waals surface area contributed by atoms with Crippen LogP contribution >= 0.6 is 0 Å². The van der Waals surface area contributed by atoms with Gasteiger partial charge in [-0.25, -0.2) is 0 Å². The number of phenols is 1. The van der Waals surface area contributed by atoms with E-state index in [4.69, 9.17) is 0 Å². The summed E-state index contributed by atoms with van der Waals surface area (Å²) >= 11 is 0. The van der Waals surface area contributed by atoms with Crippen molar-refractivity contribution in [2.45, 2.75) is 32.4 Å². The van der Waals surface area contributed by atoms with Gasteiger partial charge in [-0.05, 0) is 43.5 Å². The molecule has 0 aromatic heterocycles. The van der Waals surface area contributed by atoms with Crippen molar-refractivity contribution in [1.82, 2.24) is 5.32 Å². The molecule has 0 radical (unpaired) electrons. The zero-order valence-corrected chi connectivity index (χ0v) is 12.6. The topological polar surface area (TPSA) is 52.5 Å². The molecule has 0 aliphatic heterocycles. The average molecular weight is 285 g/mol. The van der Waals surface area contributed by atoms with Crippen LogP contribution in [0.5, 0.6) is 5.75 Å². The lowest BCUT2D eigenvalue weighted by atomic mass is 10.0. The van der Waals surface area contributed by atoms with E-state index < -0.39 is 6.10 Å². The van der Waals surface area contributed by atoms with Crippen LogP contribution in [-0.4, -0.2) is 22.8 Å². The molecule has 0 aliphatic rings. The predicted octanol–water partition coefficient (Wildman–Crippen LogP) is 2.95. The molecule has 2 atom stereocenters. The Morgan fingerprint density at radius 1 is 1.10 bits per heavy atom. The first-order chi connectivity index (χ1) is 10.0. The Kier molecular flexibility index (Phi) is 5.37. The van der Waals surface area contributed by atoms with E-state index in [0.717, 1.165) is 23.1 Å². The van der Waals surface area contributed by atoms with Crippen LogP contribution in [0.25, 0.3) is 0 Å². The molecule has 3 heteroatoms. The Hall–Kier alpha value is -1.84. The minimum Gasteiger partial charge on any atom is -0.508 e. The Labute approximate surface area is 126 Å². The van der Waals surface area contributed by atoms with Crippen LogP contribution < -0.4 is 5.32 Å². The molecule has 0 amide bonds. The summed E-state index contributed by atoms with van der Waals surface area (Å²) in [4.78, 5) is 0. The second-order valence-corrected chi connectivity index (χ2v) is 5.61. The number of benzene rings is 2. The maximum atomic E-state index is 10.2. The minimum atomic E-state index is -0.493. The summed E-state index contributed by atoms with van der Waals surface area (Å²) in [6.45, 7) is 4.65. The molecule has 2 aromatic carbocycles. The second-order valence-electron chi connectivity index (χ2n) is 5.61. The highest BCUT2D eigenvalue weighted by atomic mass is 16.3. The molecule has 3 N–H and O–H groups in total. The van der Waals surface area contributed by atoms with E-state index >= 15 is 0 Å². The molecule has 0 aliphatic carbocycles. The van der Waals surface area contributed by atoms with Gasteiger partial charge in [0.25, 0.3) is 0 Å². The van der Waals surface area contributed by atoms with Crippen LogP contribution in [0, 0.1) is 6.92 Å². The van der Waals surface area contributed by atoms with Crippen LogP contribution in [0.1, 0.15) is 29.7 Å². The largest absolute Gasteiger partial charge is 0.508 e. The summed E-state index contributed by atoms with van der Waals surface area (Å²) < 4.78 is 0. The maximum absolute atomic E-state index is 10.2. The maximum Gasteiger partial charge on any atom is 0.115 e. The van der Waals surface area contributed by atoms with E-state index in [-0.39, 0.29) is 11.8 Å². The number of aromatic hydroxyl groups is 1. The zero-order chi connectivity index (χ0) is 15.2. The molecule has 2 unspecified atom stereocenters. The summed E-state index contributed by atoms with van der Waals surface area (Å²) in [5, 5.41) is 22.8. The Bertz CT molecular complexity index is 566. The van der Waals surface area contributed by atoms with Crippen molar-refractivity contribution in [2.75, 3.05) is 6.54 Å². The number of aliphatic hydroxyl groups excluding tert-OH is 1. The van der Waals surface area contributed by atoms with Gasteiger partial charge in [0.15, 0.2) is 0 Å². The third-order valence-corrected chi connectivity index (χ3v) is 3.56. The molecule has 3 nitrogen and oxygen atoms in total. The summed E-state index contributed by atoms with van der Waals surface area (Å²) in [6, 6.07) is 15.4. The van der Waals surface area contributed by atoms with Crippen molar-refractivity contribution in [2.24, 2.45) is 0 Å². The Morgan fingerprint density at radius 2 is 1.81 bits per heavy atom. The highest BCUT2D eigenvalue weighted by molar-refractivity contribution is 5.26. The summed E-state index contributed by atoms with van der Waals surface area (Å²) in [5.41, 5.74) is 3.26. The number of hydrogen-bond donors (Lipinski definition) is 3. The van der Waals surface area contributed by atoms with Gasteiger partial charge in [0.1, 0.15) is 5.75 Å². The molecule has 0 spiro atoms. The SMILES string of the molecule is Cc1cccc(C(O)CNC(C)Cc2ccc(O)cc2)c1. The molecule has 0 saturated carbocycles. The van der Waals surface area contributed by atoms with Crippen LogP contribution in [-0.2, 0) is 6.42 Å². The standard InChI is InChI=1S/C18H23NO2/c1-13-4-3-5-16(10-13)18(21)12-19-14(2)11-15-6-8-17(20)9-7-15/h3-10,14,18-21H,11-12H2,1-2H3. The highest BCUT2D eigenvalue weighted by Gasteiger charge is 2.10. The van der Waals surface area contributed by atoms with Crippen LogP contribution in [0.2, 0.25) is 0 Å². The third kappa shape index (κ3) is 4.88. The fraction of sp³-hybridized carbons (Fsp3) is 0.333. The van der Waals surface area contributed by atoms with Gasteiger partial charge in [0.2, 0.25) is 0 Å². The molecular formula is C18H23NO2. The molecule has 0 saturated heterocycles. The summed E-state index contributed by atoms with van der Waals surface area (Å²) in [6.07, 6.45) is 0.369. The number of aliphatic hydroxyl groups is 1. The predicted molar refractivity (Wildman–Crippen MR) is 85.4 cm³/mol. The van der Waals surface area contributed by atoms with Gasteiger partial charge in [-0.1, -0.05) is 42.0 Å². The fourth-order valence-electron chi connectivity index (χ4n) is 2.37. The van der Waals surface area contributed by atoms with Gasteiger partial charge in [0.05, 0.1) is 6.10 Å². The van der Waals surface area contributed by atoms with E-state index in [1.54, 1.807) is 12.1 Å². The van der Waals surface area contributed by atoms with Gasteiger partial charge < -0.3 is 15.5 Å². The summed E-state index contributed by atoms with van der Waals surface area (Å²) in [7, 11) is 0. The first kappa shape index (κ1) is 15.5. The second kappa shape index (κ2) is 7.25. The summed E-state index contributed by atoms with van der Waals surface area (Å²) in [5.74, 6) is 0.286. The van der Waals surface area contributed by atoms with Crippen molar-refractivity contribution < 1.29 is 10.2 Å². The number of hydrogen-bond acceptors (Lipinski definition) is 3. The normalized spacial score (nSPS) is 13.9. The highest BCUT2D eigenvalue weighted by Crippen LogP contribution is 2.14. The molecule has 0 fully saturated rings. The number of rotatable bonds is 6. The zero-order valence-electron chi connectivity index (χ0n) is 12.6. The van der Waals surface area contributed by atoms with Crippen molar-refractivity contribution in [3.63, 3.8) is 0 Å². The van der Waals surface area contributed by atoms with Gasteiger partial charge >= 0.3 is 0 Å². The molecule has 2 aromatic rings. The molecule has 0 bridgehead atoms. The number of aryl methyl sites for hydroxylation is 1. The van der Waals surface area contributed by atoms with Crippen molar-refractivity contribution >= 4 is 0 Å². The minimum absolute atomic E-state index is 0.258. The average Bonchev–Trinajstić information content (AvgIpc) is 2.47. The molecule has 112 valence electrons. The van der Waals surface area contributed by atoms with Crippen molar-refractivity contribution in [3.8, 4) is 5.75 Å². The first-order valence-electron chi connectivity index (χ1n) is 7.30. The fourth-order valence-corrected chi connectivity index (χ4v) is 2.37. The quantitative estimate of drug-likeness (QED) is 0.765. The third-order valence-electron chi connectivity index (χ3n) is 3.56. The van der Waals surface area contributed by atoms with Crippen LogP contribution in [0.15, 0.2) is 48.5 Å². The van der Waals surface area contributed by atoms with Crippen molar-refractivity contribution in [3.05, 3.63) is 65.2 Å². The lowest BCUT2D eigenvalue weighted by Crippen LogP contribution is -2.32. The van der Waals surface area contributed by atoms with Gasteiger partial charge in [0, 0.05) is 12.6 Å². The Balaban J connectivity index is 1.83. The smallest absolute Gasteiger partial charge is 0.115 e. The lowest BCUT2D eigenvalue weighted by Gasteiger charge is -2.18. The number of nitrogens with one attached hydrogen (secondary N) is 1. The number of phenolic OH excluding ortho intramolecular Hbond substituents is 1. The van der Waals surface area contributed by atoms with Gasteiger partial charge in [-0.15, -0.1) is 0 Å². The van der Waals surface area contributed by atoms with Crippen LogP contribution in [0.3, 0.4) is 0 Å². The van der Waals surface area contributed by atoms with Crippen LogP contribution in [0.4, 0.5) is 0 Å². The first-order valence-corrected chi connectivity index (χ1v) is 7.30. The van der Waals surface area contributed by atoms with Gasteiger partial charge in [-0.2, -0.15) is 0 Å². The van der Waals surface area contributed by atoms with E-state index in [1.807, 2.05) is 43.3 Å². The molecular weight excluding hydrogens is 262 g/mol. The van der Waals surface area contributed by atoms with E-state index in [9.17, 15) is 10.2 Å². The molecule has 21 heavy (non-hydrogen) atoms.